The molecule has 0 saturated carbocycles. The molecule has 1 aromatic carbocycles. The van der Waals surface area contributed by atoms with Crippen molar-refractivity contribution in [3.8, 4) is 0 Å². The maximum Gasteiger partial charge on any atom is 0.360 e. The molecule has 2 aromatic rings. The number of rotatable bonds is 2. The van der Waals surface area contributed by atoms with Gasteiger partial charge in [0.2, 0.25) is 0 Å². The normalized spacial score (nSPS) is 20.4. The second kappa shape index (κ2) is 7.21. The molecule has 1 spiro atoms. The van der Waals surface area contributed by atoms with Crippen LogP contribution < -0.4 is 10.6 Å². The van der Waals surface area contributed by atoms with Crippen molar-refractivity contribution in [1.29, 1.82) is 0 Å². The van der Waals surface area contributed by atoms with Gasteiger partial charge in [0.15, 0.2) is 11.5 Å². The zero-order chi connectivity index (χ0) is 17.4. The van der Waals surface area contributed by atoms with Crippen molar-refractivity contribution < 1.29 is 9.53 Å². The third-order valence-corrected chi connectivity index (χ3v) is 5.71. The number of carbonyl (C=O) groups is 1. The van der Waals surface area contributed by atoms with Crippen LogP contribution in [0.4, 0.5) is 5.82 Å². The number of aromatic nitrogens is 2. The lowest BCUT2D eigenvalue weighted by Crippen LogP contribution is -2.45. The van der Waals surface area contributed by atoms with Gasteiger partial charge < -0.3 is 15.4 Å². The highest BCUT2D eigenvalue weighted by Gasteiger charge is 2.46. The van der Waals surface area contributed by atoms with E-state index in [1.807, 2.05) is 0 Å². The van der Waals surface area contributed by atoms with Gasteiger partial charge in [-0.3, -0.25) is 0 Å². The molecular weight excluding hydrogens is 352 g/mol. The maximum absolute atomic E-state index is 12.0. The molecule has 0 radical (unpaired) electrons. The fraction of sp³-hybridized carbons (Fsp3) is 0.421. The van der Waals surface area contributed by atoms with Crippen molar-refractivity contribution in [2.24, 2.45) is 11.1 Å². The van der Waals surface area contributed by atoms with Gasteiger partial charge >= 0.3 is 5.97 Å². The number of ether oxygens (including phenoxy) is 1. The molecule has 1 aromatic heterocycles. The lowest BCUT2D eigenvalue weighted by molar-refractivity contribution is 0.0594. The number of nitrogens with two attached hydrogens (primary N) is 1. The molecule has 1 fully saturated rings. The Morgan fingerprint density at radius 3 is 2.62 bits per heavy atom. The van der Waals surface area contributed by atoms with E-state index < -0.39 is 5.97 Å². The number of hydrogen-bond acceptors (Lipinski definition) is 6. The molecule has 0 unspecified atom stereocenters. The number of nitrogens with zero attached hydrogens (tertiary/aromatic N) is 3. The standard InChI is InChI=1S/C19H22N4O2.ClH/c1-25-18(24)15-17(22-9-8-21-15)23-10-6-19(7-11-23)12-13-4-2-3-5-14(13)16(19)20;/h2-5,8-9,16H,6-7,10-12,20H2,1H3;1H/t16-;/m1./s1. The summed E-state index contributed by atoms with van der Waals surface area (Å²) in [6.07, 6.45) is 6.11. The van der Waals surface area contributed by atoms with Gasteiger partial charge in [-0.05, 0) is 35.8 Å². The zero-order valence-electron chi connectivity index (χ0n) is 14.7. The van der Waals surface area contributed by atoms with Crippen LogP contribution in [0.15, 0.2) is 36.7 Å². The molecule has 1 saturated heterocycles. The number of carbonyl (C=O) groups excluding carboxylic acids is 1. The second-order valence-corrected chi connectivity index (χ2v) is 6.92. The highest BCUT2D eigenvalue weighted by molar-refractivity contribution is 5.92. The van der Waals surface area contributed by atoms with Crippen LogP contribution in [-0.2, 0) is 11.2 Å². The molecule has 4 rings (SSSR count). The predicted molar refractivity (Wildman–Crippen MR) is 102 cm³/mol. The Hall–Kier alpha value is -2.18. The summed E-state index contributed by atoms with van der Waals surface area (Å²) in [5.41, 5.74) is 9.66. The van der Waals surface area contributed by atoms with E-state index in [4.69, 9.17) is 10.5 Å². The third-order valence-electron chi connectivity index (χ3n) is 5.71. The Labute approximate surface area is 159 Å². The minimum Gasteiger partial charge on any atom is -0.464 e. The quantitative estimate of drug-likeness (QED) is 0.813. The minimum absolute atomic E-state index is 0. The molecule has 138 valence electrons. The van der Waals surface area contributed by atoms with Crippen LogP contribution in [0.2, 0.25) is 0 Å². The maximum atomic E-state index is 12.0. The summed E-state index contributed by atoms with van der Waals surface area (Å²) in [4.78, 5) is 22.6. The first-order chi connectivity index (χ1) is 12.1. The van der Waals surface area contributed by atoms with Crippen molar-refractivity contribution in [2.75, 3.05) is 25.1 Å². The van der Waals surface area contributed by atoms with E-state index in [0.717, 1.165) is 32.4 Å². The Morgan fingerprint density at radius 2 is 1.92 bits per heavy atom. The number of fused-ring (bicyclic) bond motifs is 1. The molecule has 1 aliphatic heterocycles. The Bertz CT molecular complexity index is 806. The number of benzene rings is 1. The SMILES string of the molecule is COC(=O)c1nccnc1N1CCC2(CC1)Cc1ccccc1[C@H]2N.Cl. The van der Waals surface area contributed by atoms with Crippen molar-refractivity contribution in [3.05, 3.63) is 53.5 Å². The minimum atomic E-state index is -0.451. The van der Waals surface area contributed by atoms with E-state index in [1.54, 1.807) is 6.20 Å². The first kappa shape index (κ1) is 18.6. The van der Waals surface area contributed by atoms with Gasteiger partial charge in [-0.2, -0.15) is 0 Å². The molecule has 6 nitrogen and oxygen atoms in total. The average molecular weight is 375 g/mol. The molecule has 1 atom stereocenters. The molecular formula is C19H23ClN4O2. The molecule has 2 N–H and O–H groups in total. The number of hydrogen-bond donors (Lipinski definition) is 1. The third kappa shape index (κ3) is 2.93. The topological polar surface area (TPSA) is 81.3 Å². The van der Waals surface area contributed by atoms with Gasteiger partial charge in [0, 0.05) is 31.5 Å². The molecule has 0 amide bonds. The van der Waals surface area contributed by atoms with Crippen molar-refractivity contribution in [1.82, 2.24) is 9.97 Å². The summed E-state index contributed by atoms with van der Waals surface area (Å²) in [7, 11) is 1.36. The summed E-state index contributed by atoms with van der Waals surface area (Å²) in [6.45, 7) is 1.62. The van der Waals surface area contributed by atoms with E-state index in [2.05, 4.69) is 39.1 Å². The highest BCUT2D eigenvalue weighted by atomic mass is 35.5. The van der Waals surface area contributed by atoms with E-state index in [9.17, 15) is 4.79 Å². The first-order valence-electron chi connectivity index (χ1n) is 8.62. The van der Waals surface area contributed by atoms with Gasteiger partial charge in [0.1, 0.15) is 0 Å². The molecule has 2 aliphatic rings. The highest BCUT2D eigenvalue weighted by Crippen LogP contribution is 2.50. The Morgan fingerprint density at radius 1 is 1.23 bits per heavy atom. The van der Waals surface area contributed by atoms with Crippen molar-refractivity contribution >= 4 is 24.2 Å². The van der Waals surface area contributed by atoms with Crippen LogP contribution >= 0.6 is 12.4 Å². The monoisotopic (exact) mass is 374 g/mol. The number of piperidine rings is 1. The number of anilines is 1. The average Bonchev–Trinajstić information content (AvgIpc) is 2.94. The first-order valence-corrected chi connectivity index (χ1v) is 8.62. The fourth-order valence-corrected chi connectivity index (χ4v) is 4.27. The van der Waals surface area contributed by atoms with Crippen LogP contribution in [0.25, 0.3) is 0 Å². The van der Waals surface area contributed by atoms with Crippen LogP contribution in [0.5, 0.6) is 0 Å². The summed E-state index contributed by atoms with van der Waals surface area (Å²) >= 11 is 0. The van der Waals surface area contributed by atoms with Crippen LogP contribution in [0, 0.1) is 5.41 Å². The van der Waals surface area contributed by atoms with Crippen LogP contribution in [-0.4, -0.2) is 36.1 Å². The van der Waals surface area contributed by atoms with Crippen molar-refractivity contribution in [3.63, 3.8) is 0 Å². The molecule has 0 bridgehead atoms. The summed E-state index contributed by atoms with van der Waals surface area (Å²) < 4.78 is 4.83. The zero-order valence-corrected chi connectivity index (χ0v) is 15.5. The number of methoxy groups -OCH3 is 1. The van der Waals surface area contributed by atoms with E-state index in [0.29, 0.717) is 5.82 Å². The number of esters is 1. The lowest BCUT2D eigenvalue weighted by Gasteiger charge is -2.42. The number of halogens is 1. The molecule has 26 heavy (non-hydrogen) atoms. The van der Waals surface area contributed by atoms with Gasteiger partial charge in [0.25, 0.3) is 0 Å². The van der Waals surface area contributed by atoms with E-state index in [1.165, 1.54) is 24.4 Å². The van der Waals surface area contributed by atoms with Gasteiger partial charge in [-0.1, -0.05) is 24.3 Å². The predicted octanol–water partition coefficient (Wildman–Crippen LogP) is 2.53. The van der Waals surface area contributed by atoms with Gasteiger partial charge in [-0.25, -0.2) is 14.8 Å². The van der Waals surface area contributed by atoms with Crippen LogP contribution in [0.3, 0.4) is 0 Å². The Balaban J connectivity index is 0.00000196. The largest absolute Gasteiger partial charge is 0.464 e. The van der Waals surface area contributed by atoms with E-state index >= 15 is 0 Å². The molecule has 7 heteroatoms. The summed E-state index contributed by atoms with van der Waals surface area (Å²) in [6, 6.07) is 8.57. The lowest BCUT2D eigenvalue weighted by atomic mass is 9.73. The van der Waals surface area contributed by atoms with Gasteiger partial charge in [0.05, 0.1) is 7.11 Å². The summed E-state index contributed by atoms with van der Waals surface area (Å²) in [5, 5.41) is 0. The van der Waals surface area contributed by atoms with Crippen molar-refractivity contribution in [2.45, 2.75) is 25.3 Å². The summed E-state index contributed by atoms with van der Waals surface area (Å²) in [5.74, 6) is 0.154. The molecule has 2 heterocycles. The molecule has 1 aliphatic carbocycles. The Kier molecular flexibility index (Phi) is 5.16. The smallest absolute Gasteiger partial charge is 0.360 e. The second-order valence-electron chi connectivity index (χ2n) is 6.92. The van der Waals surface area contributed by atoms with E-state index in [-0.39, 0.29) is 29.6 Å². The van der Waals surface area contributed by atoms with Gasteiger partial charge in [-0.15, -0.1) is 12.4 Å². The van der Waals surface area contributed by atoms with Crippen LogP contribution in [0.1, 0.15) is 40.5 Å². The fourth-order valence-electron chi connectivity index (χ4n) is 4.27.